The SMILES string of the molecule is CC1CCC(N(C)CC(=O)NN)CC1. The maximum absolute atomic E-state index is 11.1. The van der Waals surface area contributed by atoms with Crippen LogP contribution in [0.15, 0.2) is 0 Å². The minimum Gasteiger partial charge on any atom is -0.295 e. The molecule has 4 nitrogen and oxygen atoms in total. The number of nitrogens with two attached hydrogens (primary N) is 1. The fourth-order valence-corrected chi connectivity index (χ4v) is 2.08. The molecular formula is C10H21N3O. The maximum Gasteiger partial charge on any atom is 0.248 e. The summed E-state index contributed by atoms with van der Waals surface area (Å²) < 4.78 is 0. The first-order valence-electron chi connectivity index (χ1n) is 5.33. The zero-order valence-corrected chi connectivity index (χ0v) is 9.12. The highest BCUT2D eigenvalue weighted by molar-refractivity contribution is 5.77. The lowest BCUT2D eigenvalue weighted by molar-refractivity contribution is -0.122. The fourth-order valence-electron chi connectivity index (χ4n) is 2.08. The van der Waals surface area contributed by atoms with Crippen LogP contribution in [0.5, 0.6) is 0 Å². The van der Waals surface area contributed by atoms with E-state index in [1.165, 1.54) is 25.7 Å². The molecule has 0 heterocycles. The summed E-state index contributed by atoms with van der Waals surface area (Å²) in [6, 6.07) is 0.559. The molecule has 1 aliphatic rings. The van der Waals surface area contributed by atoms with Crippen LogP contribution in [0, 0.1) is 5.92 Å². The number of rotatable bonds is 3. The molecule has 1 saturated carbocycles. The molecule has 0 unspecified atom stereocenters. The number of hydrazine groups is 1. The predicted molar refractivity (Wildman–Crippen MR) is 56.4 cm³/mol. The van der Waals surface area contributed by atoms with Crippen LogP contribution >= 0.6 is 0 Å². The van der Waals surface area contributed by atoms with Crippen molar-refractivity contribution in [1.82, 2.24) is 10.3 Å². The average molecular weight is 199 g/mol. The molecule has 3 N–H and O–H groups in total. The van der Waals surface area contributed by atoms with Crippen LogP contribution in [0.2, 0.25) is 0 Å². The van der Waals surface area contributed by atoms with E-state index in [0.717, 1.165) is 5.92 Å². The first-order valence-corrected chi connectivity index (χ1v) is 5.33. The molecule has 1 amide bonds. The van der Waals surface area contributed by atoms with Crippen molar-refractivity contribution in [2.75, 3.05) is 13.6 Å². The molecule has 0 bridgehead atoms. The second-order valence-electron chi connectivity index (χ2n) is 4.40. The molecule has 0 saturated heterocycles. The van der Waals surface area contributed by atoms with Crippen molar-refractivity contribution in [3.8, 4) is 0 Å². The molecule has 1 rings (SSSR count). The zero-order valence-electron chi connectivity index (χ0n) is 9.12. The Bertz CT molecular complexity index is 188. The molecule has 1 fully saturated rings. The first kappa shape index (κ1) is 11.5. The Morgan fingerprint density at radius 1 is 1.43 bits per heavy atom. The Morgan fingerprint density at radius 2 is 2.00 bits per heavy atom. The fraction of sp³-hybridized carbons (Fsp3) is 0.900. The van der Waals surface area contributed by atoms with E-state index in [0.29, 0.717) is 12.6 Å². The molecule has 0 radical (unpaired) electrons. The highest BCUT2D eigenvalue weighted by atomic mass is 16.2. The van der Waals surface area contributed by atoms with Crippen LogP contribution in [0.4, 0.5) is 0 Å². The van der Waals surface area contributed by atoms with E-state index < -0.39 is 0 Å². The predicted octanol–water partition coefficient (Wildman–Crippen LogP) is 0.487. The van der Waals surface area contributed by atoms with E-state index in [-0.39, 0.29) is 5.91 Å². The molecule has 0 atom stereocenters. The highest BCUT2D eigenvalue weighted by Crippen LogP contribution is 2.26. The summed E-state index contributed by atoms with van der Waals surface area (Å²) in [7, 11) is 2.00. The standard InChI is InChI=1S/C10H21N3O/c1-8-3-5-9(6-4-8)13(2)7-10(14)12-11/h8-9H,3-7,11H2,1-2H3,(H,12,14). The van der Waals surface area contributed by atoms with E-state index in [9.17, 15) is 4.79 Å². The third-order valence-electron chi connectivity index (χ3n) is 3.16. The van der Waals surface area contributed by atoms with Gasteiger partial charge in [0.05, 0.1) is 6.54 Å². The second kappa shape index (κ2) is 5.32. The monoisotopic (exact) mass is 199 g/mol. The van der Waals surface area contributed by atoms with E-state index in [4.69, 9.17) is 5.84 Å². The van der Waals surface area contributed by atoms with Gasteiger partial charge in [-0.25, -0.2) is 5.84 Å². The Morgan fingerprint density at radius 3 is 2.50 bits per heavy atom. The summed E-state index contributed by atoms with van der Waals surface area (Å²) in [6.07, 6.45) is 4.96. The topological polar surface area (TPSA) is 58.4 Å². The number of carbonyl (C=O) groups excluding carboxylic acids is 1. The van der Waals surface area contributed by atoms with Gasteiger partial charge in [0, 0.05) is 6.04 Å². The zero-order chi connectivity index (χ0) is 10.6. The minimum absolute atomic E-state index is 0.105. The molecule has 0 aromatic heterocycles. The Balaban J connectivity index is 2.30. The van der Waals surface area contributed by atoms with Crippen molar-refractivity contribution in [2.24, 2.45) is 11.8 Å². The molecule has 0 aliphatic heterocycles. The van der Waals surface area contributed by atoms with E-state index in [1.54, 1.807) is 0 Å². The normalized spacial score (nSPS) is 27.7. The first-order chi connectivity index (χ1) is 6.63. The van der Waals surface area contributed by atoms with Crippen molar-refractivity contribution in [1.29, 1.82) is 0 Å². The second-order valence-corrected chi connectivity index (χ2v) is 4.40. The van der Waals surface area contributed by atoms with Gasteiger partial charge < -0.3 is 0 Å². The van der Waals surface area contributed by atoms with Gasteiger partial charge in [-0.1, -0.05) is 6.92 Å². The largest absolute Gasteiger partial charge is 0.295 e. The van der Waals surface area contributed by atoms with Crippen LogP contribution in [-0.2, 0) is 4.79 Å². The summed E-state index contributed by atoms with van der Waals surface area (Å²) in [4.78, 5) is 13.2. The average Bonchev–Trinajstić information content (AvgIpc) is 2.18. The van der Waals surface area contributed by atoms with Gasteiger partial charge in [-0.05, 0) is 38.6 Å². The van der Waals surface area contributed by atoms with E-state index in [1.807, 2.05) is 7.05 Å². The highest BCUT2D eigenvalue weighted by Gasteiger charge is 2.22. The summed E-state index contributed by atoms with van der Waals surface area (Å²) in [5, 5.41) is 0. The quantitative estimate of drug-likeness (QED) is 0.395. The number of hydrogen-bond acceptors (Lipinski definition) is 3. The van der Waals surface area contributed by atoms with Crippen molar-refractivity contribution < 1.29 is 4.79 Å². The molecule has 0 aromatic rings. The third kappa shape index (κ3) is 3.27. The summed E-state index contributed by atoms with van der Waals surface area (Å²) >= 11 is 0. The number of amides is 1. The number of carbonyl (C=O) groups is 1. The lowest BCUT2D eigenvalue weighted by Crippen LogP contribution is -2.43. The molecule has 0 spiro atoms. The van der Waals surface area contributed by atoms with Gasteiger partial charge >= 0.3 is 0 Å². The third-order valence-corrected chi connectivity index (χ3v) is 3.16. The van der Waals surface area contributed by atoms with Gasteiger partial charge in [-0.2, -0.15) is 0 Å². The molecular weight excluding hydrogens is 178 g/mol. The van der Waals surface area contributed by atoms with Crippen molar-refractivity contribution >= 4 is 5.91 Å². The van der Waals surface area contributed by atoms with Crippen molar-refractivity contribution in [3.05, 3.63) is 0 Å². The lowest BCUT2D eigenvalue weighted by Gasteiger charge is -2.32. The number of hydrogen-bond donors (Lipinski definition) is 2. The van der Waals surface area contributed by atoms with Gasteiger partial charge in [0.1, 0.15) is 0 Å². The summed E-state index contributed by atoms with van der Waals surface area (Å²) in [5.41, 5.74) is 2.16. The van der Waals surface area contributed by atoms with Gasteiger partial charge in [0.25, 0.3) is 0 Å². The molecule has 82 valence electrons. The molecule has 0 aromatic carbocycles. The maximum atomic E-state index is 11.1. The van der Waals surface area contributed by atoms with Crippen LogP contribution < -0.4 is 11.3 Å². The molecule has 1 aliphatic carbocycles. The van der Waals surface area contributed by atoms with Crippen molar-refractivity contribution in [2.45, 2.75) is 38.6 Å². The Hall–Kier alpha value is -0.610. The van der Waals surface area contributed by atoms with Gasteiger partial charge in [0.2, 0.25) is 5.91 Å². The summed E-state index contributed by atoms with van der Waals surface area (Å²) in [6.45, 7) is 2.71. The Labute approximate surface area is 85.8 Å². The van der Waals surface area contributed by atoms with Crippen molar-refractivity contribution in [3.63, 3.8) is 0 Å². The van der Waals surface area contributed by atoms with Gasteiger partial charge in [0.15, 0.2) is 0 Å². The van der Waals surface area contributed by atoms with E-state index in [2.05, 4.69) is 17.2 Å². The van der Waals surface area contributed by atoms with Gasteiger partial charge in [-0.15, -0.1) is 0 Å². The van der Waals surface area contributed by atoms with Crippen LogP contribution in [0.3, 0.4) is 0 Å². The summed E-state index contributed by atoms with van der Waals surface area (Å²) in [5.74, 6) is 5.79. The van der Waals surface area contributed by atoms with Crippen LogP contribution in [0.1, 0.15) is 32.6 Å². The smallest absolute Gasteiger partial charge is 0.248 e. The van der Waals surface area contributed by atoms with Gasteiger partial charge in [-0.3, -0.25) is 15.1 Å². The lowest BCUT2D eigenvalue weighted by atomic mass is 9.87. The van der Waals surface area contributed by atoms with Crippen LogP contribution in [-0.4, -0.2) is 30.4 Å². The molecule has 14 heavy (non-hydrogen) atoms. The Kier molecular flexibility index (Phi) is 4.35. The number of nitrogens with one attached hydrogen (secondary N) is 1. The molecule has 4 heteroatoms. The van der Waals surface area contributed by atoms with E-state index >= 15 is 0 Å². The number of likely N-dealkylation sites (N-methyl/N-ethyl adjacent to an activating group) is 1. The number of nitrogens with zero attached hydrogens (tertiary/aromatic N) is 1. The minimum atomic E-state index is -0.105. The van der Waals surface area contributed by atoms with Crippen LogP contribution in [0.25, 0.3) is 0 Å².